The first-order valence-electron chi connectivity index (χ1n) is 16.4. The molecule has 0 amide bonds. The van der Waals surface area contributed by atoms with Gasteiger partial charge in [-0.15, -0.1) is 10.2 Å². The van der Waals surface area contributed by atoms with E-state index in [9.17, 15) is 4.79 Å². The van der Waals surface area contributed by atoms with Crippen LogP contribution < -0.4 is 16.0 Å². The molecular formula is C40H34ClN7O2. The molecule has 0 unspecified atom stereocenters. The van der Waals surface area contributed by atoms with E-state index in [-0.39, 0.29) is 23.1 Å². The first-order valence-corrected chi connectivity index (χ1v) is 16.7. The predicted octanol–water partition coefficient (Wildman–Crippen LogP) is 7.48. The minimum atomic E-state index is -0.889. The van der Waals surface area contributed by atoms with Crippen LogP contribution in [0.3, 0.4) is 0 Å². The van der Waals surface area contributed by atoms with Gasteiger partial charge in [0.25, 0.3) is 11.4 Å². The summed E-state index contributed by atoms with van der Waals surface area (Å²) in [6, 6.07) is 47.0. The van der Waals surface area contributed by atoms with Gasteiger partial charge in [-0.3, -0.25) is 4.79 Å². The molecule has 2 N–H and O–H groups in total. The highest BCUT2D eigenvalue weighted by atomic mass is 35.5. The highest BCUT2D eigenvalue weighted by Crippen LogP contribution is 2.43. The van der Waals surface area contributed by atoms with Crippen LogP contribution in [-0.4, -0.2) is 36.6 Å². The molecule has 0 radical (unpaired) electrons. The molecule has 0 bridgehead atoms. The Hall–Kier alpha value is -6.06. The second-order valence-electron chi connectivity index (χ2n) is 11.8. The van der Waals surface area contributed by atoms with Gasteiger partial charge in [0.2, 0.25) is 0 Å². The normalized spacial score (nSPS) is 11.4. The molecule has 0 saturated heterocycles. The van der Waals surface area contributed by atoms with E-state index in [1.54, 1.807) is 0 Å². The number of rotatable bonds is 11. The summed E-state index contributed by atoms with van der Waals surface area (Å²) in [6.45, 7) is 2.57. The summed E-state index contributed by atoms with van der Waals surface area (Å²) in [5.41, 5.74) is 11.3. The maximum Gasteiger partial charge on any atom is 0.288 e. The molecule has 0 aliphatic rings. The van der Waals surface area contributed by atoms with Crippen LogP contribution in [0.15, 0.2) is 144 Å². The summed E-state index contributed by atoms with van der Waals surface area (Å²) >= 11 is 6.27. The Morgan fingerprint density at radius 2 is 1.28 bits per heavy atom. The van der Waals surface area contributed by atoms with Crippen LogP contribution in [0.2, 0.25) is 5.02 Å². The molecule has 0 aliphatic carbocycles. The highest BCUT2D eigenvalue weighted by Gasteiger charge is 2.42. The minimum absolute atomic E-state index is 0.0477. The Balaban J connectivity index is 1.32. The lowest BCUT2D eigenvalue weighted by atomic mass is 9.77. The van der Waals surface area contributed by atoms with Crippen LogP contribution >= 0.6 is 11.6 Å². The molecule has 2 aromatic heterocycles. The van der Waals surface area contributed by atoms with Gasteiger partial charge in [-0.1, -0.05) is 158 Å². The number of hydrogen-bond acceptors (Lipinski definition) is 7. The smallest absolute Gasteiger partial charge is 0.288 e. The van der Waals surface area contributed by atoms with Gasteiger partial charge in [-0.25, -0.2) is 9.36 Å². The molecular weight excluding hydrogens is 646 g/mol. The molecule has 5 aromatic carbocycles. The fourth-order valence-electron chi connectivity index (χ4n) is 6.32. The number of benzene rings is 5. The van der Waals surface area contributed by atoms with Gasteiger partial charge in [0, 0.05) is 5.56 Å². The number of halogens is 1. The van der Waals surface area contributed by atoms with Crippen molar-refractivity contribution in [2.75, 3.05) is 12.3 Å². The van der Waals surface area contributed by atoms with Gasteiger partial charge in [0.15, 0.2) is 5.82 Å². The largest absolute Gasteiger partial charge is 0.475 e. The van der Waals surface area contributed by atoms with Crippen molar-refractivity contribution in [2.45, 2.75) is 25.4 Å². The average Bonchev–Trinajstić information content (AvgIpc) is 3.66. The molecule has 10 heteroatoms. The van der Waals surface area contributed by atoms with Crippen molar-refractivity contribution in [2.24, 2.45) is 0 Å². The van der Waals surface area contributed by atoms with Crippen molar-refractivity contribution in [1.29, 1.82) is 0 Å². The average molecular weight is 680 g/mol. The van der Waals surface area contributed by atoms with Gasteiger partial charge < -0.3 is 10.5 Å². The van der Waals surface area contributed by atoms with Gasteiger partial charge in [0.1, 0.15) is 16.2 Å². The SMILES string of the molecule is CCCOc1nn(Cc2ccc(-c3ccccc3-c3nnnn3C(c3ccccc3)(c3ccccc3)c3ccccc3)cc2)c(=O)c(Cl)c1N. The monoisotopic (exact) mass is 679 g/mol. The summed E-state index contributed by atoms with van der Waals surface area (Å²) in [7, 11) is 0. The Morgan fingerprint density at radius 1 is 0.740 bits per heavy atom. The lowest BCUT2D eigenvalue weighted by molar-refractivity contribution is 0.297. The number of aromatic nitrogens is 6. The van der Waals surface area contributed by atoms with E-state index in [1.807, 2.05) is 109 Å². The zero-order chi connectivity index (χ0) is 34.5. The van der Waals surface area contributed by atoms with E-state index >= 15 is 0 Å². The first kappa shape index (κ1) is 32.5. The van der Waals surface area contributed by atoms with Crippen LogP contribution in [-0.2, 0) is 12.1 Å². The zero-order valence-corrected chi connectivity index (χ0v) is 28.1. The molecule has 248 valence electrons. The molecule has 9 nitrogen and oxygen atoms in total. The third kappa shape index (κ3) is 5.92. The molecule has 7 rings (SSSR count). The van der Waals surface area contributed by atoms with Crippen molar-refractivity contribution >= 4 is 17.3 Å². The van der Waals surface area contributed by atoms with Gasteiger partial charge in [0.05, 0.1) is 13.2 Å². The van der Waals surface area contributed by atoms with Crippen LogP contribution in [0.25, 0.3) is 22.5 Å². The fraction of sp³-hybridized carbons (Fsp3) is 0.125. The van der Waals surface area contributed by atoms with E-state index in [2.05, 4.69) is 57.9 Å². The van der Waals surface area contributed by atoms with Crippen molar-refractivity contribution in [3.63, 3.8) is 0 Å². The maximum atomic E-state index is 12.9. The van der Waals surface area contributed by atoms with E-state index in [0.717, 1.165) is 45.4 Å². The summed E-state index contributed by atoms with van der Waals surface area (Å²) in [5.74, 6) is 0.755. The van der Waals surface area contributed by atoms with Crippen molar-refractivity contribution in [3.8, 4) is 28.4 Å². The molecule has 2 heterocycles. The third-order valence-electron chi connectivity index (χ3n) is 8.67. The van der Waals surface area contributed by atoms with E-state index in [0.29, 0.717) is 12.4 Å². The Morgan fingerprint density at radius 3 is 1.84 bits per heavy atom. The molecule has 0 saturated carbocycles. The molecule has 0 fully saturated rings. The second kappa shape index (κ2) is 14.2. The lowest BCUT2D eigenvalue weighted by Crippen LogP contribution is -2.39. The highest BCUT2D eigenvalue weighted by molar-refractivity contribution is 6.33. The zero-order valence-electron chi connectivity index (χ0n) is 27.4. The van der Waals surface area contributed by atoms with E-state index in [1.165, 1.54) is 4.68 Å². The first-order chi connectivity index (χ1) is 24.5. The standard InChI is InChI=1S/C40H34ClN7O2/c1-2-26-50-38-36(42)35(41)39(49)47(44-38)27-28-22-24-29(25-23-28)33-20-12-13-21-34(33)37-43-45-46-48(37)40(30-14-6-3-7-15-30,31-16-8-4-9-17-31)32-18-10-5-11-19-32/h3-25H,2,26-27,42H2,1H3. The van der Waals surface area contributed by atoms with Crippen LogP contribution in [0, 0.1) is 0 Å². The van der Waals surface area contributed by atoms with Crippen LogP contribution in [0.4, 0.5) is 5.69 Å². The summed E-state index contributed by atoms with van der Waals surface area (Å²) in [4.78, 5) is 12.9. The van der Waals surface area contributed by atoms with Crippen LogP contribution in [0.1, 0.15) is 35.6 Å². The number of nitrogens with zero attached hydrogens (tertiary/aromatic N) is 6. The second-order valence-corrected chi connectivity index (χ2v) is 12.2. The number of anilines is 1. The minimum Gasteiger partial charge on any atom is -0.475 e. The van der Waals surface area contributed by atoms with E-state index < -0.39 is 11.1 Å². The number of hydrogen-bond donors (Lipinski definition) is 1. The fourth-order valence-corrected chi connectivity index (χ4v) is 6.50. The van der Waals surface area contributed by atoms with Crippen molar-refractivity contribution in [3.05, 3.63) is 177 Å². The summed E-state index contributed by atoms with van der Waals surface area (Å²) < 4.78 is 8.85. The molecule has 0 aliphatic heterocycles. The summed E-state index contributed by atoms with van der Waals surface area (Å²) in [6.07, 6.45) is 0.763. The van der Waals surface area contributed by atoms with Gasteiger partial charge >= 0.3 is 0 Å². The Kier molecular flexibility index (Phi) is 9.22. The number of nitrogen functional groups attached to an aromatic ring is 1. The third-order valence-corrected chi connectivity index (χ3v) is 9.04. The van der Waals surface area contributed by atoms with Crippen LogP contribution in [0.5, 0.6) is 5.88 Å². The number of nitrogens with two attached hydrogens (primary N) is 1. The lowest BCUT2D eigenvalue weighted by Gasteiger charge is -2.36. The summed E-state index contributed by atoms with van der Waals surface area (Å²) in [5, 5.41) is 17.9. The number of tetrazole rings is 1. The quantitative estimate of drug-likeness (QED) is 0.141. The number of ether oxygens (including phenoxy) is 1. The van der Waals surface area contributed by atoms with Gasteiger partial charge in [-0.05, 0) is 50.2 Å². The maximum absolute atomic E-state index is 12.9. The van der Waals surface area contributed by atoms with Gasteiger partial charge in [-0.2, -0.15) is 0 Å². The van der Waals surface area contributed by atoms with Crippen molar-refractivity contribution in [1.82, 2.24) is 30.0 Å². The molecule has 0 spiro atoms. The predicted molar refractivity (Wildman–Crippen MR) is 196 cm³/mol. The molecule has 50 heavy (non-hydrogen) atoms. The topological polar surface area (TPSA) is 114 Å². The Bertz CT molecular complexity index is 2180. The molecule has 0 atom stereocenters. The Labute approximate surface area is 294 Å². The molecule has 7 aromatic rings. The van der Waals surface area contributed by atoms with Crippen molar-refractivity contribution < 1.29 is 4.74 Å². The van der Waals surface area contributed by atoms with E-state index in [4.69, 9.17) is 27.3 Å².